The molecule has 0 saturated carbocycles. The van der Waals surface area contributed by atoms with E-state index in [2.05, 4.69) is 20.8 Å². The Bertz CT molecular complexity index is 1010. The van der Waals surface area contributed by atoms with Gasteiger partial charge in [-0.2, -0.15) is 10.2 Å². The normalized spacial score (nSPS) is 10.7. The highest BCUT2D eigenvalue weighted by Crippen LogP contribution is 2.20. The molecule has 0 unspecified atom stereocenters. The number of halogens is 1. The maximum atomic E-state index is 13.3. The van der Waals surface area contributed by atoms with Crippen molar-refractivity contribution in [2.45, 2.75) is 20.4 Å². The van der Waals surface area contributed by atoms with Crippen LogP contribution in [0.15, 0.2) is 36.7 Å². The molecule has 2 heterocycles. The van der Waals surface area contributed by atoms with Crippen LogP contribution >= 0.6 is 0 Å². The third-order valence-electron chi connectivity index (χ3n) is 4.17. The Labute approximate surface area is 155 Å². The number of nitrogens with one attached hydrogen (secondary N) is 2. The van der Waals surface area contributed by atoms with Crippen molar-refractivity contribution in [2.75, 3.05) is 10.6 Å². The Morgan fingerprint density at radius 1 is 1.11 bits per heavy atom. The number of rotatable bonds is 5. The molecule has 0 aliphatic rings. The molecule has 140 valence electrons. The summed E-state index contributed by atoms with van der Waals surface area (Å²) in [6.07, 6.45) is 2.94. The van der Waals surface area contributed by atoms with E-state index in [1.54, 1.807) is 17.9 Å². The van der Waals surface area contributed by atoms with Gasteiger partial charge in [-0.15, -0.1) is 0 Å². The van der Waals surface area contributed by atoms with Gasteiger partial charge in [0.1, 0.15) is 11.5 Å². The lowest BCUT2D eigenvalue weighted by Gasteiger charge is -2.10. The molecule has 0 saturated heterocycles. The first kappa shape index (κ1) is 18.3. The van der Waals surface area contributed by atoms with Gasteiger partial charge in [-0.1, -0.05) is 6.07 Å². The van der Waals surface area contributed by atoms with Gasteiger partial charge in [-0.05, 0) is 32.0 Å². The molecule has 3 rings (SSSR count). The zero-order chi connectivity index (χ0) is 19.6. The van der Waals surface area contributed by atoms with Gasteiger partial charge in [0.15, 0.2) is 0 Å². The summed E-state index contributed by atoms with van der Waals surface area (Å²) in [6.45, 7) is 4.09. The number of nitrogens with zero attached hydrogens (tertiary/aromatic N) is 4. The summed E-state index contributed by atoms with van der Waals surface area (Å²) in [4.78, 5) is 25.2. The van der Waals surface area contributed by atoms with Crippen LogP contribution in [-0.4, -0.2) is 31.4 Å². The average molecular weight is 370 g/mol. The van der Waals surface area contributed by atoms with Crippen LogP contribution in [0, 0.1) is 12.7 Å². The minimum absolute atomic E-state index is 0.147. The molecule has 3 aromatic rings. The third kappa shape index (κ3) is 3.71. The second-order valence-electron chi connectivity index (χ2n) is 5.91. The van der Waals surface area contributed by atoms with E-state index in [1.165, 1.54) is 29.1 Å². The lowest BCUT2D eigenvalue weighted by molar-refractivity contribution is 0.101. The van der Waals surface area contributed by atoms with Crippen molar-refractivity contribution in [3.63, 3.8) is 0 Å². The van der Waals surface area contributed by atoms with Crippen molar-refractivity contribution in [1.82, 2.24) is 19.6 Å². The van der Waals surface area contributed by atoms with Gasteiger partial charge in [-0.3, -0.25) is 19.0 Å². The van der Waals surface area contributed by atoms with Crippen molar-refractivity contribution < 1.29 is 14.0 Å². The summed E-state index contributed by atoms with van der Waals surface area (Å²) >= 11 is 0. The monoisotopic (exact) mass is 370 g/mol. The molecule has 27 heavy (non-hydrogen) atoms. The maximum absolute atomic E-state index is 13.3. The van der Waals surface area contributed by atoms with Crippen LogP contribution in [0.2, 0.25) is 0 Å². The molecule has 2 aromatic heterocycles. The topological polar surface area (TPSA) is 93.8 Å². The number of aromatic nitrogens is 4. The van der Waals surface area contributed by atoms with E-state index in [1.807, 2.05) is 13.8 Å². The number of carbonyl (C=O) groups is 2. The number of hydrogen-bond donors (Lipinski definition) is 2. The second kappa shape index (κ2) is 7.40. The predicted octanol–water partition coefficient (Wildman–Crippen LogP) is 2.59. The minimum atomic E-state index is -0.531. The van der Waals surface area contributed by atoms with Crippen molar-refractivity contribution in [1.29, 1.82) is 0 Å². The standard InChI is InChI=1S/C18H19FN6O2/c1-4-25-16(18(27)22-14-9-20-24(3)11(14)2)15(10-21-25)23-17(26)12-6-5-7-13(19)8-12/h5-10H,4H2,1-3H3,(H,22,27)(H,23,26). The highest BCUT2D eigenvalue weighted by atomic mass is 19.1. The highest BCUT2D eigenvalue weighted by molar-refractivity contribution is 6.11. The van der Waals surface area contributed by atoms with E-state index in [9.17, 15) is 14.0 Å². The van der Waals surface area contributed by atoms with Crippen LogP contribution in [0.3, 0.4) is 0 Å². The molecule has 0 radical (unpaired) electrons. The van der Waals surface area contributed by atoms with Gasteiger partial charge in [0.2, 0.25) is 0 Å². The Balaban J connectivity index is 1.87. The molecule has 0 fully saturated rings. The van der Waals surface area contributed by atoms with Gasteiger partial charge >= 0.3 is 0 Å². The first-order chi connectivity index (χ1) is 12.9. The van der Waals surface area contributed by atoms with Crippen molar-refractivity contribution in [3.05, 3.63) is 59.4 Å². The summed E-state index contributed by atoms with van der Waals surface area (Å²) in [5, 5.41) is 13.6. The third-order valence-corrected chi connectivity index (χ3v) is 4.17. The smallest absolute Gasteiger partial charge is 0.276 e. The Kier molecular flexibility index (Phi) is 5.02. The van der Waals surface area contributed by atoms with E-state index in [0.29, 0.717) is 12.2 Å². The number of aryl methyl sites for hydroxylation is 2. The fourth-order valence-corrected chi connectivity index (χ4v) is 2.58. The quantitative estimate of drug-likeness (QED) is 0.722. The zero-order valence-electron chi connectivity index (χ0n) is 15.2. The maximum Gasteiger partial charge on any atom is 0.276 e. The number of amides is 2. The molecule has 0 atom stereocenters. The first-order valence-electron chi connectivity index (χ1n) is 8.33. The summed E-state index contributed by atoms with van der Waals surface area (Å²) in [7, 11) is 1.77. The van der Waals surface area contributed by atoms with Crippen LogP contribution in [0.1, 0.15) is 33.5 Å². The van der Waals surface area contributed by atoms with E-state index >= 15 is 0 Å². The fourth-order valence-electron chi connectivity index (χ4n) is 2.58. The van der Waals surface area contributed by atoms with Crippen LogP contribution < -0.4 is 10.6 Å². The summed E-state index contributed by atoms with van der Waals surface area (Å²) in [5.41, 5.74) is 1.94. The molecule has 0 aliphatic carbocycles. The molecular weight excluding hydrogens is 351 g/mol. The molecule has 0 spiro atoms. The van der Waals surface area contributed by atoms with Crippen molar-refractivity contribution >= 4 is 23.2 Å². The lowest BCUT2D eigenvalue weighted by Crippen LogP contribution is -2.21. The van der Waals surface area contributed by atoms with Crippen molar-refractivity contribution in [3.8, 4) is 0 Å². The Hall–Kier alpha value is -3.49. The number of benzene rings is 1. The molecule has 0 aliphatic heterocycles. The average Bonchev–Trinajstić information content (AvgIpc) is 3.19. The molecular formula is C18H19FN6O2. The lowest BCUT2D eigenvalue weighted by atomic mass is 10.2. The SMILES string of the molecule is CCn1ncc(NC(=O)c2cccc(F)c2)c1C(=O)Nc1cnn(C)c1C. The fraction of sp³-hybridized carbons (Fsp3) is 0.222. The van der Waals surface area contributed by atoms with Crippen LogP contribution in [0.5, 0.6) is 0 Å². The van der Waals surface area contributed by atoms with Crippen LogP contribution in [0.4, 0.5) is 15.8 Å². The van der Waals surface area contributed by atoms with Crippen LogP contribution in [-0.2, 0) is 13.6 Å². The van der Waals surface area contributed by atoms with E-state index in [0.717, 1.165) is 11.8 Å². The van der Waals surface area contributed by atoms with E-state index < -0.39 is 17.6 Å². The Morgan fingerprint density at radius 2 is 1.81 bits per heavy atom. The zero-order valence-corrected chi connectivity index (χ0v) is 15.2. The Morgan fingerprint density at radius 3 is 2.44 bits per heavy atom. The highest BCUT2D eigenvalue weighted by Gasteiger charge is 2.21. The first-order valence-corrected chi connectivity index (χ1v) is 8.33. The van der Waals surface area contributed by atoms with Gasteiger partial charge < -0.3 is 10.6 Å². The van der Waals surface area contributed by atoms with Crippen molar-refractivity contribution in [2.24, 2.45) is 7.05 Å². The van der Waals surface area contributed by atoms with Gasteiger partial charge in [0, 0.05) is 19.2 Å². The summed E-state index contributed by atoms with van der Waals surface area (Å²) < 4.78 is 16.5. The number of hydrogen-bond acceptors (Lipinski definition) is 4. The predicted molar refractivity (Wildman–Crippen MR) is 98.2 cm³/mol. The second-order valence-corrected chi connectivity index (χ2v) is 5.91. The molecule has 2 N–H and O–H groups in total. The minimum Gasteiger partial charge on any atom is -0.319 e. The van der Waals surface area contributed by atoms with Gasteiger partial charge in [0.25, 0.3) is 11.8 Å². The molecule has 9 heteroatoms. The van der Waals surface area contributed by atoms with Gasteiger partial charge in [-0.25, -0.2) is 4.39 Å². The van der Waals surface area contributed by atoms with E-state index in [4.69, 9.17) is 0 Å². The van der Waals surface area contributed by atoms with E-state index in [-0.39, 0.29) is 16.9 Å². The van der Waals surface area contributed by atoms with Gasteiger partial charge in [0.05, 0.1) is 29.5 Å². The number of carbonyl (C=O) groups excluding carboxylic acids is 2. The molecule has 8 nitrogen and oxygen atoms in total. The molecule has 2 amide bonds. The molecule has 0 bridgehead atoms. The summed E-state index contributed by atoms with van der Waals surface area (Å²) in [5.74, 6) is -1.48. The van der Waals surface area contributed by atoms with Crippen LogP contribution in [0.25, 0.3) is 0 Å². The largest absolute Gasteiger partial charge is 0.319 e. The molecule has 1 aromatic carbocycles. The summed E-state index contributed by atoms with van der Waals surface area (Å²) in [6, 6.07) is 5.30. The number of anilines is 2.